The van der Waals surface area contributed by atoms with Crippen LogP contribution in [-0.2, 0) is 6.42 Å². The molecule has 1 aromatic heterocycles. The third kappa shape index (κ3) is 2.70. The monoisotopic (exact) mass is 232 g/mol. The number of carboxylic acids is 1. The van der Waals surface area contributed by atoms with Gasteiger partial charge in [-0.05, 0) is 12.0 Å². The van der Waals surface area contributed by atoms with E-state index in [0.717, 1.165) is 5.56 Å². The number of carboxylic acid groups (broad SMARTS) is 1. The summed E-state index contributed by atoms with van der Waals surface area (Å²) >= 11 is 0. The zero-order chi connectivity index (χ0) is 12.3. The van der Waals surface area contributed by atoms with Crippen LogP contribution in [0.15, 0.2) is 40.9 Å². The molecule has 5 nitrogen and oxygen atoms in total. The molecule has 88 valence electrons. The van der Waals surface area contributed by atoms with Crippen molar-refractivity contribution in [2.24, 2.45) is 5.73 Å². The summed E-state index contributed by atoms with van der Waals surface area (Å²) in [6.07, 6.45) is 1.73. The summed E-state index contributed by atoms with van der Waals surface area (Å²) in [5, 5.41) is 8.70. The molecule has 3 N–H and O–H groups in total. The van der Waals surface area contributed by atoms with Crippen LogP contribution in [0.5, 0.6) is 0 Å². The number of aromatic carboxylic acids is 1. The van der Waals surface area contributed by atoms with Crippen LogP contribution in [0.25, 0.3) is 0 Å². The van der Waals surface area contributed by atoms with Crippen molar-refractivity contribution >= 4 is 5.97 Å². The van der Waals surface area contributed by atoms with Gasteiger partial charge >= 0.3 is 5.97 Å². The highest BCUT2D eigenvalue weighted by Crippen LogP contribution is 2.16. The van der Waals surface area contributed by atoms with E-state index in [-0.39, 0.29) is 11.7 Å². The van der Waals surface area contributed by atoms with Crippen LogP contribution in [0.1, 0.15) is 28.1 Å². The van der Waals surface area contributed by atoms with Gasteiger partial charge in [0.15, 0.2) is 0 Å². The Kier molecular flexibility index (Phi) is 3.20. The molecule has 1 atom stereocenters. The van der Waals surface area contributed by atoms with Crippen molar-refractivity contribution in [3.8, 4) is 0 Å². The van der Waals surface area contributed by atoms with Crippen molar-refractivity contribution in [3.05, 3.63) is 53.7 Å². The number of nitrogens with zero attached hydrogens (tertiary/aromatic N) is 1. The average molecular weight is 232 g/mol. The van der Waals surface area contributed by atoms with Crippen molar-refractivity contribution in [1.82, 2.24) is 4.98 Å². The van der Waals surface area contributed by atoms with Gasteiger partial charge in [-0.25, -0.2) is 9.78 Å². The maximum absolute atomic E-state index is 10.6. The van der Waals surface area contributed by atoms with E-state index < -0.39 is 12.0 Å². The molecule has 1 heterocycles. The molecule has 0 aliphatic carbocycles. The predicted octanol–water partition coefficient (Wildman–Crippen LogP) is 1.62. The van der Waals surface area contributed by atoms with E-state index in [9.17, 15) is 4.79 Å². The van der Waals surface area contributed by atoms with Gasteiger partial charge < -0.3 is 15.3 Å². The Balaban J connectivity index is 2.09. The van der Waals surface area contributed by atoms with Crippen molar-refractivity contribution < 1.29 is 14.3 Å². The van der Waals surface area contributed by atoms with Gasteiger partial charge in [0.1, 0.15) is 0 Å². The predicted molar refractivity (Wildman–Crippen MR) is 60.5 cm³/mol. The first kappa shape index (κ1) is 11.3. The molecule has 0 saturated carbocycles. The van der Waals surface area contributed by atoms with Gasteiger partial charge in [0.2, 0.25) is 11.7 Å². The molecular formula is C12H12N2O3. The number of nitrogens with two attached hydrogens (primary N) is 1. The molecule has 0 aliphatic rings. The summed E-state index contributed by atoms with van der Waals surface area (Å²) < 4.78 is 5.04. The van der Waals surface area contributed by atoms with Crippen LogP contribution in [-0.4, -0.2) is 16.1 Å². The van der Waals surface area contributed by atoms with Crippen molar-refractivity contribution in [1.29, 1.82) is 0 Å². The van der Waals surface area contributed by atoms with Crippen molar-refractivity contribution in [3.63, 3.8) is 0 Å². The molecule has 0 radical (unpaired) electrons. The zero-order valence-electron chi connectivity index (χ0n) is 9.04. The minimum atomic E-state index is -1.14. The van der Waals surface area contributed by atoms with Crippen LogP contribution in [0, 0.1) is 0 Å². The Morgan fingerprint density at radius 2 is 2.12 bits per heavy atom. The fourth-order valence-corrected chi connectivity index (χ4v) is 1.51. The molecule has 0 amide bonds. The standard InChI is InChI=1S/C12H12N2O3/c13-9(6-8-4-2-1-3-5-8)11-14-7-10(17-11)12(15)16/h1-5,7,9H,6,13H2,(H,15,16). The molecule has 1 aromatic carbocycles. The molecule has 2 rings (SSSR count). The Bertz CT molecular complexity index is 507. The van der Waals surface area contributed by atoms with Gasteiger partial charge in [-0.15, -0.1) is 0 Å². The molecule has 5 heteroatoms. The number of rotatable bonds is 4. The lowest BCUT2D eigenvalue weighted by Gasteiger charge is -2.06. The highest BCUT2D eigenvalue weighted by atomic mass is 16.4. The molecule has 2 aromatic rings. The Morgan fingerprint density at radius 1 is 1.41 bits per heavy atom. The van der Waals surface area contributed by atoms with E-state index in [0.29, 0.717) is 6.42 Å². The second-order valence-electron chi connectivity index (χ2n) is 3.66. The van der Waals surface area contributed by atoms with E-state index in [4.69, 9.17) is 15.3 Å². The topological polar surface area (TPSA) is 89.3 Å². The molecule has 17 heavy (non-hydrogen) atoms. The number of oxazole rings is 1. The van der Waals surface area contributed by atoms with Crippen LogP contribution < -0.4 is 5.73 Å². The summed E-state index contributed by atoms with van der Waals surface area (Å²) in [6.45, 7) is 0. The minimum Gasteiger partial charge on any atom is -0.475 e. The van der Waals surface area contributed by atoms with E-state index in [1.807, 2.05) is 30.3 Å². The third-order valence-electron chi connectivity index (χ3n) is 2.35. The molecule has 1 unspecified atom stereocenters. The molecule has 0 saturated heterocycles. The Labute approximate surface area is 97.9 Å². The first-order valence-corrected chi connectivity index (χ1v) is 5.15. The van der Waals surface area contributed by atoms with Crippen molar-refractivity contribution in [2.45, 2.75) is 12.5 Å². The van der Waals surface area contributed by atoms with E-state index in [2.05, 4.69) is 4.98 Å². The van der Waals surface area contributed by atoms with E-state index in [1.54, 1.807) is 0 Å². The number of hydrogen-bond acceptors (Lipinski definition) is 4. The number of benzene rings is 1. The van der Waals surface area contributed by atoms with Crippen LogP contribution in [0.4, 0.5) is 0 Å². The smallest absolute Gasteiger partial charge is 0.373 e. The van der Waals surface area contributed by atoms with Gasteiger partial charge in [0, 0.05) is 0 Å². The lowest BCUT2D eigenvalue weighted by atomic mass is 10.1. The lowest BCUT2D eigenvalue weighted by Crippen LogP contribution is -2.13. The SMILES string of the molecule is NC(Cc1ccccc1)c1ncc(C(=O)O)o1. The first-order valence-electron chi connectivity index (χ1n) is 5.15. The number of hydrogen-bond donors (Lipinski definition) is 2. The quantitative estimate of drug-likeness (QED) is 0.835. The second-order valence-corrected chi connectivity index (χ2v) is 3.66. The Morgan fingerprint density at radius 3 is 2.71 bits per heavy atom. The fraction of sp³-hybridized carbons (Fsp3) is 0.167. The average Bonchev–Trinajstić information content (AvgIpc) is 2.79. The summed E-state index contributed by atoms with van der Waals surface area (Å²) in [5.74, 6) is -1.09. The second kappa shape index (κ2) is 4.80. The molecule has 0 fully saturated rings. The number of carbonyl (C=O) groups is 1. The first-order chi connectivity index (χ1) is 8.16. The normalized spacial score (nSPS) is 12.3. The molecule has 0 spiro atoms. The van der Waals surface area contributed by atoms with Crippen LogP contribution in [0.3, 0.4) is 0 Å². The number of aromatic nitrogens is 1. The van der Waals surface area contributed by atoms with Crippen LogP contribution in [0.2, 0.25) is 0 Å². The third-order valence-corrected chi connectivity index (χ3v) is 2.35. The van der Waals surface area contributed by atoms with Gasteiger partial charge in [-0.2, -0.15) is 0 Å². The van der Waals surface area contributed by atoms with Gasteiger partial charge in [-0.1, -0.05) is 30.3 Å². The summed E-state index contributed by atoms with van der Waals surface area (Å²) in [7, 11) is 0. The lowest BCUT2D eigenvalue weighted by molar-refractivity contribution is 0.0659. The maximum atomic E-state index is 10.6. The fourth-order valence-electron chi connectivity index (χ4n) is 1.51. The van der Waals surface area contributed by atoms with Gasteiger partial charge in [-0.3, -0.25) is 0 Å². The summed E-state index contributed by atoms with van der Waals surface area (Å²) in [5.41, 5.74) is 6.94. The highest BCUT2D eigenvalue weighted by molar-refractivity contribution is 5.83. The molecule has 0 aliphatic heterocycles. The highest BCUT2D eigenvalue weighted by Gasteiger charge is 2.16. The zero-order valence-corrected chi connectivity index (χ0v) is 9.04. The summed E-state index contributed by atoms with van der Waals surface area (Å²) in [4.78, 5) is 14.5. The van der Waals surface area contributed by atoms with Crippen molar-refractivity contribution in [2.75, 3.05) is 0 Å². The minimum absolute atomic E-state index is 0.191. The van der Waals surface area contributed by atoms with Gasteiger partial charge in [0.25, 0.3) is 0 Å². The van der Waals surface area contributed by atoms with Crippen LogP contribution >= 0.6 is 0 Å². The molecule has 0 bridgehead atoms. The Hall–Kier alpha value is -2.14. The maximum Gasteiger partial charge on any atom is 0.373 e. The summed E-state index contributed by atoms with van der Waals surface area (Å²) in [6, 6.07) is 9.20. The largest absolute Gasteiger partial charge is 0.475 e. The van der Waals surface area contributed by atoms with E-state index in [1.165, 1.54) is 6.20 Å². The van der Waals surface area contributed by atoms with Gasteiger partial charge in [0.05, 0.1) is 12.2 Å². The molecular weight excluding hydrogens is 220 g/mol. The van der Waals surface area contributed by atoms with E-state index >= 15 is 0 Å².